The van der Waals surface area contributed by atoms with Gasteiger partial charge in [-0.25, -0.2) is 0 Å². The number of nitrogens with one attached hydrogen (secondary N) is 1. The topological polar surface area (TPSA) is 40.1 Å². The van der Waals surface area contributed by atoms with Crippen molar-refractivity contribution in [1.29, 1.82) is 0 Å². The average Bonchev–Trinajstić information content (AvgIpc) is 3.19. The number of rotatable bonds is 6. The summed E-state index contributed by atoms with van der Waals surface area (Å²) in [6.45, 7) is 3.78. The van der Waals surface area contributed by atoms with Gasteiger partial charge in [0.2, 0.25) is 0 Å². The molecule has 0 radical (unpaired) electrons. The predicted octanol–water partition coefficient (Wildman–Crippen LogP) is 3.94. The second kappa shape index (κ2) is 11.4. The van der Waals surface area contributed by atoms with Gasteiger partial charge in [0.15, 0.2) is 5.96 Å². The Kier molecular flexibility index (Phi) is 9.23. The highest BCUT2D eigenvalue weighted by molar-refractivity contribution is 14.0. The Balaban J connectivity index is 0.00000300. The van der Waals surface area contributed by atoms with E-state index in [0.29, 0.717) is 5.92 Å². The van der Waals surface area contributed by atoms with E-state index in [4.69, 9.17) is 4.74 Å². The van der Waals surface area contributed by atoms with Crippen molar-refractivity contribution in [3.05, 3.63) is 65.2 Å². The number of guanidine groups is 1. The summed E-state index contributed by atoms with van der Waals surface area (Å²) >= 11 is 0. The number of methoxy groups -OCH3 is 1. The van der Waals surface area contributed by atoms with Crippen molar-refractivity contribution in [2.75, 3.05) is 41.3 Å². The lowest BCUT2D eigenvalue weighted by molar-refractivity contribution is 0.402. The second-order valence-electron chi connectivity index (χ2n) is 7.66. The maximum absolute atomic E-state index is 5.27. The molecule has 1 aliphatic rings. The van der Waals surface area contributed by atoms with Crippen molar-refractivity contribution in [3.8, 4) is 5.75 Å². The van der Waals surface area contributed by atoms with Gasteiger partial charge in [0.25, 0.3) is 0 Å². The zero-order chi connectivity index (χ0) is 19.9. The fourth-order valence-corrected chi connectivity index (χ4v) is 3.74. The molecule has 2 aromatic rings. The Hall–Kier alpha value is -1.80. The monoisotopic (exact) mass is 508 g/mol. The summed E-state index contributed by atoms with van der Waals surface area (Å²) in [5.41, 5.74) is 3.98. The summed E-state index contributed by atoms with van der Waals surface area (Å²) in [5, 5.41) is 3.52. The first-order valence-electron chi connectivity index (χ1n) is 9.91. The lowest BCUT2D eigenvalue weighted by Crippen LogP contribution is -2.39. The van der Waals surface area contributed by atoms with Gasteiger partial charge in [0, 0.05) is 39.1 Å². The molecule has 2 aromatic carbocycles. The number of likely N-dealkylation sites (tertiary alicyclic amines) is 1. The van der Waals surface area contributed by atoms with Crippen LogP contribution in [0.3, 0.4) is 0 Å². The smallest absolute Gasteiger partial charge is 0.193 e. The first kappa shape index (κ1) is 23.5. The van der Waals surface area contributed by atoms with Crippen LogP contribution in [0.4, 0.5) is 0 Å². The molecule has 3 rings (SSSR count). The van der Waals surface area contributed by atoms with Crippen LogP contribution in [0.5, 0.6) is 5.75 Å². The molecule has 1 aliphatic heterocycles. The third-order valence-electron chi connectivity index (χ3n) is 5.26. The molecule has 1 N–H and O–H groups in total. The number of nitrogens with zero attached hydrogens (tertiary/aromatic N) is 3. The number of hydrogen-bond acceptors (Lipinski definition) is 3. The zero-order valence-electron chi connectivity index (χ0n) is 17.9. The first-order chi connectivity index (χ1) is 13.6. The van der Waals surface area contributed by atoms with Crippen LogP contribution in [0, 0.1) is 0 Å². The summed E-state index contributed by atoms with van der Waals surface area (Å²) in [6.07, 6.45) is 1.15. The predicted molar refractivity (Wildman–Crippen MR) is 131 cm³/mol. The summed E-state index contributed by atoms with van der Waals surface area (Å²) in [4.78, 5) is 9.04. The minimum atomic E-state index is 0. The molecular formula is C23H33IN4O. The summed E-state index contributed by atoms with van der Waals surface area (Å²) < 4.78 is 5.27. The molecule has 6 heteroatoms. The molecular weight excluding hydrogens is 475 g/mol. The highest BCUT2D eigenvalue weighted by Gasteiger charge is 2.26. The molecule has 5 nitrogen and oxygen atoms in total. The van der Waals surface area contributed by atoms with Crippen LogP contribution >= 0.6 is 24.0 Å². The highest BCUT2D eigenvalue weighted by Crippen LogP contribution is 2.28. The molecule has 0 amide bonds. The van der Waals surface area contributed by atoms with E-state index in [0.717, 1.165) is 44.3 Å². The number of benzene rings is 2. The molecule has 0 saturated carbocycles. The van der Waals surface area contributed by atoms with Gasteiger partial charge < -0.3 is 19.9 Å². The summed E-state index contributed by atoms with van der Waals surface area (Å²) in [7, 11) is 7.75. The Morgan fingerprint density at radius 3 is 2.34 bits per heavy atom. The van der Waals surface area contributed by atoms with Gasteiger partial charge in [-0.1, -0.05) is 36.4 Å². The summed E-state index contributed by atoms with van der Waals surface area (Å²) in [5.74, 6) is 2.43. The van der Waals surface area contributed by atoms with E-state index in [-0.39, 0.29) is 24.0 Å². The van der Waals surface area contributed by atoms with E-state index in [1.54, 1.807) is 7.11 Å². The minimum absolute atomic E-state index is 0. The van der Waals surface area contributed by atoms with Crippen molar-refractivity contribution in [1.82, 2.24) is 15.1 Å². The number of hydrogen-bond donors (Lipinski definition) is 1. The van der Waals surface area contributed by atoms with Gasteiger partial charge >= 0.3 is 0 Å². The normalized spacial score (nSPS) is 16.7. The molecule has 0 spiro atoms. The Morgan fingerprint density at radius 1 is 1.10 bits per heavy atom. The van der Waals surface area contributed by atoms with Crippen LogP contribution in [-0.2, 0) is 13.1 Å². The average molecular weight is 508 g/mol. The number of aliphatic imine (C=N–C) groups is 1. The number of halogens is 1. The fraction of sp³-hybridized carbons (Fsp3) is 0.435. The van der Waals surface area contributed by atoms with E-state index >= 15 is 0 Å². The Bertz CT molecular complexity index is 774. The van der Waals surface area contributed by atoms with Crippen molar-refractivity contribution < 1.29 is 4.74 Å². The van der Waals surface area contributed by atoms with Gasteiger partial charge in [0.1, 0.15) is 5.75 Å². The highest BCUT2D eigenvalue weighted by atomic mass is 127. The third kappa shape index (κ3) is 6.60. The molecule has 0 aliphatic carbocycles. The Morgan fingerprint density at radius 2 is 1.76 bits per heavy atom. The van der Waals surface area contributed by atoms with Crippen LogP contribution in [-0.4, -0.2) is 57.1 Å². The third-order valence-corrected chi connectivity index (χ3v) is 5.26. The largest absolute Gasteiger partial charge is 0.497 e. The van der Waals surface area contributed by atoms with Crippen LogP contribution < -0.4 is 10.1 Å². The lowest BCUT2D eigenvalue weighted by atomic mass is 9.98. The van der Waals surface area contributed by atoms with Crippen LogP contribution in [0.2, 0.25) is 0 Å². The molecule has 1 saturated heterocycles. The van der Waals surface area contributed by atoms with Gasteiger partial charge in [0.05, 0.1) is 7.11 Å². The first-order valence-corrected chi connectivity index (χ1v) is 9.91. The van der Waals surface area contributed by atoms with Crippen LogP contribution in [0.15, 0.2) is 53.5 Å². The molecule has 0 bridgehead atoms. The van der Waals surface area contributed by atoms with E-state index in [1.165, 1.54) is 16.7 Å². The van der Waals surface area contributed by atoms with E-state index in [9.17, 15) is 0 Å². The zero-order valence-corrected chi connectivity index (χ0v) is 20.2. The van der Waals surface area contributed by atoms with Gasteiger partial charge in [-0.15, -0.1) is 24.0 Å². The van der Waals surface area contributed by atoms with Gasteiger partial charge in [-0.05, 0) is 49.3 Å². The van der Waals surface area contributed by atoms with Crippen molar-refractivity contribution in [2.24, 2.45) is 4.99 Å². The summed E-state index contributed by atoms with van der Waals surface area (Å²) in [6, 6.07) is 17.3. The quantitative estimate of drug-likeness (QED) is 0.365. The standard InChI is InChI=1S/C23H32N4O.HI/c1-24-23(25-15-18-5-7-19(8-6-18)16-26(2)3)27-14-13-21(17-27)20-9-11-22(28-4)12-10-20;/h5-12,21H,13-17H2,1-4H3,(H,24,25);1H. The van der Waals surface area contributed by atoms with E-state index < -0.39 is 0 Å². The molecule has 1 unspecified atom stereocenters. The number of ether oxygens (including phenoxy) is 1. The second-order valence-corrected chi connectivity index (χ2v) is 7.66. The van der Waals surface area contributed by atoms with Crippen LogP contribution in [0.1, 0.15) is 29.0 Å². The van der Waals surface area contributed by atoms with Gasteiger partial charge in [-0.3, -0.25) is 4.99 Å². The van der Waals surface area contributed by atoms with E-state index in [2.05, 4.69) is 70.6 Å². The maximum Gasteiger partial charge on any atom is 0.193 e. The van der Waals surface area contributed by atoms with Crippen molar-refractivity contribution >= 4 is 29.9 Å². The molecule has 1 atom stereocenters. The van der Waals surface area contributed by atoms with Crippen molar-refractivity contribution in [3.63, 3.8) is 0 Å². The van der Waals surface area contributed by atoms with Gasteiger partial charge in [-0.2, -0.15) is 0 Å². The van der Waals surface area contributed by atoms with Crippen LogP contribution in [0.25, 0.3) is 0 Å². The lowest BCUT2D eigenvalue weighted by Gasteiger charge is -2.22. The minimum Gasteiger partial charge on any atom is -0.497 e. The molecule has 1 fully saturated rings. The molecule has 1 heterocycles. The van der Waals surface area contributed by atoms with E-state index in [1.807, 2.05) is 19.2 Å². The molecule has 0 aromatic heterocycles. The Labute approximate surface area is 192 Å². The van der Waals surface area contributed by atoms with Crippen molar-refractivity contribution in [2.45, 2.75) is 25.4 Å². The molecule has 29 heavy (non-hydrogen) atoms. The fourth-order valence-electron chi connectivity index (χ4n) is 3.74. The molecule has 158 valence electrons. The SMILES string of the molecule is CN=C(NCc1ccc(CN(C)C)cc1)N1CCC(c2ccc(OC)cc2)C1.I. The maximum atomic E-state index is 5.27.